The third kappa shape index (κ3) is 4.89. The molecular formula is C12H16BrClO. The van der Waals surface area contributed by atoms with Crippen LogP contribution in [-0.2, 0) is 5.33 Å². The average molecular weight is 292 g/mol. The van der Waals surface area contributed by atoms with Crippen molar-refractivity contribution < 1.29 is 4.74 Å². The van der Waals surface area contributed by atoms with Gasteiger partial charge in [-0.05, 0) is 30.5 Å². The molecule has 0 saturated heterocycles. The van der Waals surface area contributed by atoms with Crippen LogP contribution in [0.3, 0.4) is 0 Å². The van der Waals surface area contributed by atoms with Crippen molar-refractivity contribution in [3.8, 4) is 5.75 Å². The molecule has 0 amide bonds. The lowest BCUT2D eigenvalue weighted by Crippen LogP contribution is -2.08. The number of halogens is 2. The van der Waals surface area contributed by atoms with Crippen LogP contribution in [0.2, 0.25) is 0 Å². The first-order chi connectivity index (χ1) is 7.26. The minimum atomic E-state index is -0.209. The Morgan fingerprint density at radius 1 is 1.33 bits per heavy atom. The van der Waals surface area contributed by atoms with E-state index in [4.69, 9.17) is 16.3 Å². The van der Waals surface area contributed by atoms with Crippen LogP contribution in [0.25, 0.3) is 0 Å². The lowest BCUT2D eigenvalue weighted by molar-refractivity contribution is 0.266. The molecule has 1 rings (SSSR count). The Bertz CT molecular complexity index is 273. The first kappa shape index (κ1) is 12.9. The van der Waals surface area contributed by atoms with Gasteiger partial charge in [-0.15, -0.1) is 0 Å². The van der Waals surface area contributed by atoms with E-state index in [-0.39, 0.29) is 5.56 Å². The van der Waals surface area contributed by atoms with E-state index in [2.05, 4.69) is 22.9 Å². The van der Waals surface area contributed by atoms with Gasteiger partial charge < -0.3 is 4.74 Å². The van der Waals surface area contributed by atoms with Crippen molar-refractivity contribution in [3.05, 3.63) is 29.8 Å². The minimum absolute atomic E-state index is 0.209. The van der Waals surface area contributed by atoms with Crippen LogP contribution in [0, 0.1) is 0 Å². The van der Waals surface area contributed by atoms with Crippen molar-refractivity contribution in [1.82, 2.24) is 0 Å². The van der Waals surface area contributed by atoms with E-state index in [9.17, 15) is 0 Å². The predicted molar refractivity (Wildman–Crippen MR) is 68.9 cm³/mol. The molecule has 3 heteroatoms. The van der Waals surface area contributed by atoms with Gasteiger partial charge in [0.05, 0.1) is 0 Å². The lowest BCUT2D eigenvalue weighted by atomic mass is 10.2. The van der Waals surface area contributed by atoms with Gasteiger partial charge in [0.25, 0.3) is 0 Å². The number of unbranched alkanes of at least 4 members (excludes halogenated alkanes) is 1. The lowest BCUT2D eigenvalue weighted by Gasteiger charge is -2.12. The molecule has 15 heavy (non-hydrogen) atoms. The van der Waals surface area contributed by atoms with Crippen LogP contribution < -0.4 is 4.74 Å². The van der Waals surface area contributed by atoms with Crippen LogP contribution in [-0.4, -0.2) is 5.56 Å². The van der Waals surface area contributed by atoms with Crippen molar-refractivity contribution in [2.75, 3.05) is 0 Å². The summed E-state index contributed by atoms with van der Waals surface area (Å²) in [5.41, 5.74) is 1.03. The number of hydrogen-bond acceptors (Lipinski definition) is 1. The molecule has 1 unspecified atom stereocenters. The Hall–Kier alpha value is -0.210. The maximum absolute atomic E-state index is 6.04. The van der Waals surface area contributed by atoms with Gasteiger partial charge in [-0.2, -0.15) is 0 Å². The second kappa shape index (κ2) is 7.13. The Labute approximate surface area is 105 Å². The maximum atomic E-state index is 6.04. The minimum Gasteiger partial charge on any atom is -0.475 e. The number of alkyl halides is 2. The highest BCUT2D eigenvalue weighted by Gasteiger charge is 2.05. The molecule has 0 aliphatic heterocycles. The van der Waals surface area contributed by atoms with Gasteiger partial charge in [0.1, 0.15) is 5.75 Å². The number of ether oxygens (including phenoxy) is 1. The molecule has 0 aliphatic rings. The van der Waals surface area contributed by atoms with Crippen molar-refractivity contribution in [3.63, 3.8) is 0 Å². The summed E-state index contributed by atoms with van der Waals surface area (Å²) in [7, 11) is 0. The van der Waals surface area contributed by atoms with Crippen LogP contribution in [0.5, 0.6) is 5.75 Å². The zero-order valence-corrected chi connectivity index (χ0v) is 11.2. The highest BCUT2D eigenvalue weighted by Crippen LogP contribution is 2.18. The Kier molecular flexibility index (Phi) is 6.11. The van der Waals surface area contributed by atoms with Gasteiger partial charge in [0.15, 0.2) is 5.56 Å². The van der Waals surface area contributed by atoms with Crippen LogP contribution in [0.4, 0.5) is 0 Å². The third-order valence-corrected chi connectivity index (χ3v) is 3.08. The topological polar surface area (TPSA) is 9.23 Å². The van der Waals surface area contributed by atoms with E-state index >= 15 is 0 Å². The Morgan fingerprint density at radius 3 is 2.53 bits per heavy atom. The van der Waals surface area contributed by atoms with Crippen molar-refractivity contribution in [2.24, 2.45) is 0 Å². The molecule has 84 valence electrons. The molecule has 0 radical (unpaired) electrons. The van der Waals surface area contributed by atoms with Gasteiger partial charge in [0.2, 0.25) is 0 Å². The molecule has 0 saturated carbocycles. The van der Waals surface area contributed by atoms with E-state index in [1.807, 2.05) is 24.3 Å². The standard InChI is InChI=1S/C12H16BrClO/c1-2-3-4-12(14)15-11-7-5-10(9-13)6-8-11/h5-8,12H,2-4,9H2,1H3. The summed E-state index contributed by atoms with van der Waals surface area (Å²) in [6.07, 6.45) is 3.15. The molecule has 0 aliphatic carbocycles. The number of benzene rings is 1. The summed E-state index contributed by atoms with van der Waals surface area (Å²) < 4.78 is 5.57. The molecule has 1 nitrogen and oxygen atoms in total. The molecule has 0 heterocycles. The third-order valence-electron chi connectivity index (χ3n) is 2.13. The first-order valence-electron chi connectivity index (χ1n) is 5.22. The SMILES string of the molecule is CCCCC(Cl)Oc1ccc(CBr)cc1. The van der Waals surface area contributed by atoms with E-state index in [1.165, 1.54) is 5.56 Å². The molecule has 1 atom stereocenters. The van der Waals surface area contributed by atoms with Gasteiger partial charge in [0, 0.05) is 5.33 Å². The quantitative estimate of drug-likeness (QED) is 0.689. The number of rotatable bonds is 6. The fourth-order valence-electron chi connectivity index (χ4n) is 1.23. The van der Waals surface area contributed by atoms with E-state index in [1.54, 1.807) is 0 Å². The maximum Gasteiger partial charge on any atom is 0.172 e. The van der Waals surface area contributed by atoms with E-state index < -0.39 is 0 Å². The summed E-state index contributed by atoms with van der Waals surface area (Å²) >= 11 is 9.44. The Balaban J connectivity index is 2.42. The zero-order chi connectivity index (χ0) is 11.1. The van der Waals surface area contributed by atoms with Crippen molar-refractivity contribution >= 4 is 27.5 Å². The molecule has 0 N–H and O–H groups in total. The largest absolute Gasteiger partial charge is 0.475 e. The van der Waals surface area contributed by atoms with Crippen LogP contribution in [0.15, 0.2) is 24.3 Å². The highest BCUT2D eigenvalue weighted by atomic mass is 79.9. The first-order valence-corrected chi connectivity index (χ1v) is 6.77. The fraction of sp³-hybridized carbons (Fsp3) is 0.500. The summed E-state index contributed by atoms with van der Waals surface area (Å²) in [6.45, 7) is 2.15. The summed E-state index contributed by atoms with van der Waals surface area (Å²) in [5.74, 6) is 0.843. The highest BCUT2D eigenvalue weighted by molar-refractivity contribution is 9.08. The fourth-order valence-corrected chi connectivity index (χ4v) is 1.86. The van der Waals surface area contributed by atoms with Crippen molar-refractivity contribution in [2.45, 2.75) is 37.1 Å². The van der Waals surface area contributed by atoms with Gasteiger partial charge in [-0.1, -0.05) is 53.0 Å². The second-order valence-corrected chi connectivity index (χ2v) is 4.50. The predicted octanol–water partition coefficient (Wildman–Crippen LogP) is 4.72. The monoisotopic (exact) mass is 290 g/mol. The molecule has 1 aromatic rings. The van der Waals surface area contributed by atoms with Crippen molar-refractivity contribution in [1.29, 1.82) is 0 Å². The molecule has 1 aromatic carbocycles. The van der Waals surface area contributed by atoms with Gasteiger partial charge >= 0.3 is 0 Å². The summed E-state index contributed by atoms with van der Waals surface area (Å²) in [4.78, 5) is 0. The molecule has 0 fully saturated rings. The number of hydrogen-bond donors (Lipinski definition) is 0. The molecule has 0 spiro atoms. The average Bonchev–Trinajstić information content (AvgIpc) is 2.27. The van der Waals surface area contributed by atoms with Crippen LogP contribution >= 0.6 is 27.5 Å². The van der Waals surface area contributed by atoms with E-state index in [0.717, 1.165) is 30.3 Å². The van der Waals surface area contributed by atoms with Crippen LogP contribution in [0.1, 0.15) is 31.7 Å². The zero-order valence-electron chi connectivity index (χ0n) is 8.88. The summed E-state index contributed by atoms with van der Waals surface area (Å²) in [5, 5.41) is 0.868. The molecule has 0 bridgehead atoms. The van der Waals surface area contributed by atoms with E-state index in [0.29, 0.717) is 0 Å². The smallest absolute Gasteiger partial charge is 0.172 e. The Morgan fingerprint density at radius 2 is 2.00 bits per heavy atom. The normalized spacial score (nSPS) is 12.5. The van der Waals surface area contributed by atoms with Gasteiger partial charge in [-0.25, -0.2) is 0 Å². The summed E-state index contributed by atoms with van der Waals surface area (Å²) in [6, 6.07) is 7.98. The molecular weight excluding hydrogens is 275 g/mol. The second-order valence-electron chi connectivity index (χ2n) is 3.45. The molecule has 0 aromatic heterocycles. The van der Waals surface area contributed by atoms with Gasteiger partial charge in [-0.3, -0.25) is 0 Å².